The topological polar surface area (TPSA) is 21.3 Å². The normalized spacial score (nSPS) is 17.3. The van der Waals surface area contributed by atoms with Crippen molar-refractivity contribution in [3.05, 3.63) is 28.8 Å². The lowest BCUT2D eigenvalue weighted by molar-refractivity contribution is -0.0139. The van der Waals surface area contributed by atoms with Crippen molar-refractivity contribution in [3.63, 3.8) is 0 Å². The highest BCUT2D eigenvalue weighted by molar-refractivity contribution is 6.31. The van der Waals surface area contributed by atoms with Crippen LogP contribution in [0.5, 0.6) is 5.75 Å². The van der Waals surface area contributed by atoms with Crippen LogP contribution in [0.1, 0.15) is 38.2 Å². The number of ether oxygens (including phenoxy) is 1. The molecule has 1 fully saturated rings. The van der Waals surface area contributed by atoms with Crippen molar-refractivity contribution in [3.8, 4) is 5.75 Å². The molecular weight excluding hydrogens is 246 g/mol. The van der Waals surface area contributed by atoms with Crippen LogP contribution < -0.4 is 10.1 Å². The Morgan fingerprint density at radius 1 is 1.39 bits per heavy atom. The summed E-state index contributed by atoms with van der Waals surface area (Å²) in [6.45, 7) is 3.12. The second-order valence-electron chi connectivity index (χ2n) is 5.10. The summed E-state index contributed by atoms with van der Waals surface area (Å²) in [7, 11) is 1.99. The molecule has 0 radical (unpaired) electrons. The van der Waals surface area contributed by atoms with E-state index in [9.17, 15) is 0 Å². The highest BCUT2D eigenvalue weighted by Gasteiger charge is 2.38. The average molecular weight is 268 g/mol. The third kappa shape index (κ3) is 2.99. The number of nitrogens with one attached hydrogen (secondary N) is 1. The van der Waals surface area contributed by atoms with E-state index in [2.05, 4.69) is 18.3 Å². The van der Waals surface area contributed by atoms with E-state index in [4.69, 9.17) is 16.3 Å². The molecule has 100 valence electrons. The molecule has 2 rings (SSSR count). The first kappa shape index (κ1) is 13.7. The minimum atomic E-state index is 0.0574. The summed E-state index contributed by atoms with van der Waals surface area (Å²) in [4.78, 5) is 0. The zero-order valence-electron chi connectivity index (χ0n) is 11.3. The molecule has 1 aromatic rings. The van der Waals surface area contributed by atoms with Crippen LogP contribution in [0.4, 0.5) is 0 Å². The van der Waals surface area contributed by atoms with Crippen LogP contribution in [0.25, 0.3) is 0 Å². The van der Waals surface area contributed by atoms with Gasteiger partial charge in [-0.15, -0.1) is 0 Å². The van der Waals surface area contributed by atoms with Gasteiger partial charge in [0.05, 0.1) is 0 Å². The molecule has 0 saturated heterocycles. The molecule has 18 heavy (non-hydrogen) atoms. The zero-order chi connectivity index (χ0) is 13.0. The first-order valence-electron chi connectivity index (χ1n) is 6.81. The molecule has 1 aromatic carbocycles. The van der Waals surface area contributed by atoms with Crippen LogP contribution in [0.15, 0.2) is 18.2 Å². The quantitative estimate of drug-likeness (QED) is 0.846. The number of hydrogen-bond donors (Lipinski definition) is 1. The van der Waals surface area contributed by atoms with Crippen molar-refractivity contribution < 1.29 is 4.74 Å². The number of rotatable bonds is 6. The van der Waals surface area contributed by atoms with Gasteiger partial charge in [0, 0.05) is 5.02 Å². The Morgan fingerprint density at radius 3 is 2.72 bits per heavy atom. The van der Waals surface area contributed by atoms with E-state index in [-0.39, 0.29) is 5.60 Å². The highest BCUT2D eigenvalue weighted by atomic mass is 35.5. The van der Waals surface area contributed by atoms with Crippen LogP contribution in [0.3, 0.4) is 0 Å². The summed E-state index contributed by atoms with van der Waals surface area (Å²) in [5.41, 5.74) is 1.22. The maximum absolute atomic E-state index is 6.24. The van der Waals surface area contributed by atoms with Crippen molar-refractivity contribution in [1.29, 1.82) is 0 Å². The van der Waals surface area contributed by atoms with E-state index in [1.807, 2.05) is 19.2 Å². The summed E-state index contributed by atoms with van der Waals surface area (Å²) < 4.78 is 6.24. The second kappa shape index (κ2) is 5.94. The van der Waals surface area contributed by atoms with Crippen molar-refractivity contribution in [2.24, 2.45) is 0 Å². The SMILES string of the molecule is CCc1cc(OC2(CCNC)CCC2)ccc1Cl. The predicted molar refractivity (Wildman–Crippen MR) is 76.6 cm³/mol. The molecular formula is C15H22ClNO. The van der Waals surface area contributed by atoms with Gasteiger partial charge >= 0.3 is 0 Å². The van der Waals surface area contributed by atoms with Crippen LogP contribution >= 0.6 is 11.6 Å². The van der Waals surface area contributed by atoms with Crippen LogP contribution in [0, 0.1) is 0 Å². The lowest BCUT2D eigenvalue weighted by atomic mass is 9.77. The summed E-state index contributed by atoms with van der Waals surface area (Å²) in [6, 6.07) is 6.02. The predicted octanol–water partition coefficient (Wildman–Crippen LogP) is 3.81. The molecule has 0 unspecified atom stereocenters. The number of halogens is 1. The fourth-order valence-corrected chi connectivity index (χ4v) is 2.71. The maximum Gasteiger partial charge on any atom is 0.120 e. The Kier molecular flexibility index (Phi) is 4.52. The molecule has 1 N–H and O–H groups in total. The Bertz CT molecular complexity index is 401. The van der Waals surface area contributed by atoms with E-state index < -0.39 is 0 Å². The number of hydrogen-bond acceptors (Lipinski definition) is 2. The molecule has 3 heteroatoms. The van der Waals surface area contributed by atoms with Crippen molar-refractivity contribution in [2.75, 3.05) is 13.6 Å². The minimum Gasteiger partial charge on any atom is -0.487 e. The number of aryl methyl sites for hydroxylation is 1. The fourth-order valence-electron chi connectivity index (χ4n) is 2.46. The Hall–Kier alpha value is -0.730. The third-order valence-corrected chi connectivity index (χ3v) is 4.20. The molecule has 1 aliphatic rings. The van der Waals surface area contributed by atoms with Gasteiger partial charge in [-0.1, -0.05) is 18.5 Å². The molecule has 0 heterocycles. The summed E-state index contributed by atoms with van der Waals surface area (Å²) >= 11 is 6.13. The van der Waals surface area contributed by atoms with Gasteiger partial charge in [-0.2, -0.15) is 0 Å². The van der Waals surface area contributed by atoms with Gasteiger partial charge in [-0.3, -0.25) is 0 Å². The highest BCUT2D eigenvalue weighted by Crippen LogP contribution is 2.39. The van der Waals surface area contributed by atoms with E-state index in [1.54, 1.807) is 0 Å². The zero-order valence-corrected chi connectivity index (χ0v) is 12.0. The van der Waals surface area contributed by atoms with Crippen molar-refractivity contribution in [1.82, 2.24) is 5.32 Å². The third-order valence-electron chi connectivity index (χ3n) is 3.83. The molecule has 0 spiro atoms. The molecule has 0 aromatic heterocycles. The molecule has 0 bridgehead atoms. The Morgan fingerprint density at radius 2 is 2.17 bits per heavy atom. The van der Waals surface area contributed by atoms with E-state index in [1.165, 1.54) is 19.3 Å². The maximum atomic E-state index is 6.24. The molecule has 1 aliphatic carbocycles. The first-order chi connectivity index (χ1) is 8.69. The van der Waals surface area contributed by atoms with Gasteiger partial charge in [0.2, 0.25) is 0 Å². The molecule has 0 amide bonds. The monoisotopic (exact) mass is 267 g/mol. The largest absolute Gasteiger partial charge is 0.487 e. The summed E-state index contributed by atoms with van der Waals surface area (Å²) in [5, 5.41) is 4.04. The van der Waals surface area contributed by atoms with Gasteiger partial charge in [0.25, 0.3) is 0 Å². The molecule has 0 aliphatic heterocycles. The minimum absolute atomic E-state index is 0.0574. The van der Waals surface area contributed by atoms with E-state index >= 15 is 0 Å². The van der Waals surface area contributed by atoms with E-state index in [0.717, 1.165) is 35.7 Å². The van der Waals surface area contributed by atoms with E-state index in [0.29, 0.717) is 0 Å². The lowest BCUT2D eigenvalue weighted by Gasteiger charge is -2.42. The standard InChI is InChI=1S/C15H22ClNO/c1-3-12-11-13(5-6-14(12)16)18-15(7-4-8-15)9-10-17-2/h5-6,11,17H,3-4,7-10H2,1-2H3. The van der Waals surface area contributed by atoms with Crippen LogP contribution in [-0.4, -0.2) is 19.2 Å². The van der Waals surface area contributed by atoms with Gasteiger partial charge in [0.1, 0.15) is 11.4 Å². The average Bonchev–Trinajstić information content (AvgIpc) is 2.34. The first-order valence-corrected chi connectivity index (χ1v) is 7.19. The van der Waals surface area contributed by atoms with Gasteiger partial charge in [-0.05, 0) is 69.5 Å². The molecule has 0 atom stereocenters. The van der Waals surface area contributed by atoms with Crippen molar-refractivity contribution in [2.45, 2.75) is 44.6 Å². The van der Waals surface area contributed by atoms with Crippen LogP contribution in [-0.2, 0) is 6.42 Å². The molecule has 1 saturated carbocycles. The lowest BCUT2D eigenvalue weighted by Crippen LogP contribution is -2.45. The van der Waals surface area contributed by atoms with Gasteiger partial charge < -0.3 is 10.1 Å². The van der Waals surface area contributed by atoms with Crippen LogP contribution in [0.2, 0.25) is 5.02 Å². The van der Waals surface area contributed by atoms with Gasteiger partial charge in [-0.25, -0.2) is 0 Å². The summed E-state index contributed by atoms with van der Waals surface area (Å²) in [5.74, 6) is 0.965. The van der Waals surface area contributed by atoms with Crippen molar-refractivity contribution >= 4 is 11.6 Å². The van der Waals surface area contributed by atoms with Gasteiger partial charge in [0.15, 0.2) is 0 Å². The smallest absolute Gasteiger partial charge is 0.120 e. The number of benzene rings is 1. The Labute approximate surface area is 115 Å². The fraction of sp³-hybridized carbons (Fsp3) is 0.600. The molecule has 2 nitrogen and oxygen atoms in total. The summed E-state index contributed by atoms with van der Waals surface area (Å²) in [6.07, 6.45) is 5.63. The Balaban J connectivity index is 2.07. The second-order valence-corrected chi connectivity index (χ2v) is 5.51.